The monoisotopic (exact) mass is 280 g/mol. The molecule has 0 radical (unpaired) electrons. The van der Waals surface area contributed by atoms with Gasteiger partial charge in [0.2, 0.25) is 10.0 Å². The zero-order chi connectivity index (χ0) is 14.0. The predicted octanol–water partition coefficient (Wildman–Crippen LogP) is 0.324. The van der Waals surface area contributed by atoms with E-state index in [9.17, 15) is 8.42 Å². The molecule has 0 amide bonds. The lowest BCUT2D eigenvalue weighted by Gasteiger charge is -2.36. The molecule has 0 bridgehead atoms. The molecule has 1 saturated heterocycles. The summed E-state index contributed by atoms with van der Waals surface area (Å²) in [5, 5.41) is 12.2. The van der Waals surface area contributed by atoms with Gasteiger partial charge in [-0.15, -0.1) is 0 Å². The molecule has 1 N–H and O–H groups in total. The first-order valence-corrected chi connectivity index (χ1v) is 7.51. The zero-order valence-electron chi connectivity index (χ0n) is 10.9. The van der Waals surface area contributed by atoms with Crippen molar-refractivity contribution in [3.05, 3.63) is 24.0 Å². The molecule has 0 aromatic carbocycles. The van der Waals surface area contributed by atoms with Crippen LogP contribution in [0, 0.1) is 11.3 Å². The second kappa shape index (κ2) is 5.25. The van der Waals surface area contributed by atoms with Crippen LogP contribution in [0.3, 0.4) is 0 Å². The number of aromatic nitrogens is 1. The topological polar surface area (TPSA) is 86.1 Å². The third-order valence-electron chi connectivity index (χ3n) is 3.17. The van der Waals surface area contributed by atoms with Crippen LogP contribution >= 0.6 is 0 Å². The highest BCUT2D eigenvalue weighted by molar-refractivity contribution is 7.89. The Balaban J connectivity index is 2.45. The molecule has 1 aromatic heterocycles. The number of rotatable bonds is 2. The average Bonchev–Trinajstić information content (AvgIpc) is 2.41. The molecule has 2 heterocycles. The highest BCUT2D eigenvalue weighted by Crippen LogP contribution is 2.22. The molecule has 0 spiro atoms. The Morgan fingerprint density at radius 1 is 1.53 bits per heavy atom. The van der Waals surface area contributed by atoms with E-state index in [4.69, 9.17) is 5.26 Å². The number of hydrogen-bond donors (Lipinski definition) is 1. The zero-order valence-corrected chi connectivity index (χ0v) is 11.7. The van der Waals surface area contributed by atoms with Crippen molar-refractivity contribution in [3.8, 4) is 6.07 Å². The molecule has 19 heavy (non-hydrogen) atoms. The first-order chi connectivity index (χ1) is 8.96. The average molecular weight is 280 g/mol. The molecule has 1 aromatic rings. The maximum absolute atomic E-state index is 12.6. The van der Waals surface area contributed by atoms with Gasteiger partial charge < -0.3 is 5.32 Å². The Kier molecular flexibility index (Phi) is 3.85. The van der Waals surface area contributed by atoms with E-state index in [0.29, 0.717) is 13.1 Å². The van der Waals surface area contributed by atoms with Crippen LogP contribution in [-0.2, 0) is 10.0 Å². The van der Waals surface area contributed by atoms with Crippen LogP contribution in [0.1, 0.15) is 19.5 Å². The van der Waals surface area contributed by atoms with Crippen LogP contribution in [0.25, 0.3) is 0 Å². The summed E-state index contributed by atoms with van der Waals surface area (Å²) in [5.41, 5.74) is -0.0547. The van der Waals surface area contributed by atoms with Crippen molar-refractivity contribution < 1.29 is 8.42 Å². The fraction of sp³-hybridized carbons (Fsp3) is 0.500. The SMILES string of the molecule is CC1CN(S(=O)(=O)c2cccnc2C#N)C(C)CN1. The van der Waals surface area contributed by atoms with Gasteiger partial charge in [-0.2, -0.15) is 9.57 Å². The van der Waals surface area contributed by atoms with Gasteiger partial charge in [0.15, 0.2) is 5.69 Å². The van der Waals surface area contributed by atoms with Gasteiger partial charge in [-0.25, -0.2) is 13.4 Å². The van der Waals surface area contributed by atoms with Gasteiger partial charge in [-0.05, 0) is 26.0 Å². The normalized spacial score (nSPS) is 24.9. The molecular formula is C12H16N4O2S. The summed E-state index contributed by atoms with van der Waals surface area (Å²) in [6.07, 6.45) is 1.42. The standard InChI is InChI=1S/C12H16N4O2S/c1-9-8-16(10(2)7-15-9)19(17,18)12-4-3-5-14-11(12)6-13/h3-5,9-10,15H,7-8H2,1-2H3. The van der Waals surface area contributed by atoms with E-state index in [0.717, 1.165) is 0 Å². The summed E-state index contributed by atoms with van der Waals surface area (Å²) in [4.78, 5) is 3.80. The third kappa shape index (κ3) is 2.61. The van der Waals surface area contributed by atoms with Crippen LogP contribution in [0.4, 0.5) is 0 Å². The summed E-state index contributed by atoms with van der Waals surface area (Å²) in [5.74, 6) is 0. The molecular weight excluding hydrogens is 264 g/mol. The molecule has 0 aliphatic carbocycles. The Morgan fingerprint density at radius 2 is 2.26 bits per heavy atom. The van der Waals surface area contributed by atoms with Gasteiger partial charge in [0.25, 0.3) is 0 Å². The smallest absolute Gasteiger partial charge is 0.246 e. The lowest BCUT2D eigenvalue weighted by Crippen LogP contribution is -2.56. The number of hydrogen-bond acceptors (Lipinski definition) is 5. The van der Waals surface area contributed by atoms with Gasteiger partial charge in [-0.1, -0.05) is 0 Å². The molecule has 2 atom stereocenters. The number of nitrogens with zero attached hydrogens (tertiary/aromatic N) is 3. The minimum atomic E-state index is -3.68. The van der Waals surface area contributed by atoms with Crippen molar-refractivity contribution in [1.82, 2.24) is 14.6 Å². The van der Waals surface area contributed by atoms with E-state index >= 15 is 0 Å². The number of piperazine rings is 1. The van der Waals surface area contributed by atoms with Gasteiger partial charge in [0.05, 0.1) is 0 Å². The fourth-order valence-corrected chi connectivity index (χ4v) is 3.95. The number of sulfonamides is 1. The van der Waals surface area contributed by atoms with Gasteiger partial charge in [0, 0.05) is 31.4 Å². The van der Waals surface area contributed by atoms with Crippen molar-refractivity contribution in [3.63, 3.8) is 0 Å². The summed E-state index contributed by atoms with van der Waals surface area (Å²) >= 11 is 0. The molecule has 7 heteroatoms. The molecule has 0 saturated carbocycles. The second-order valence-electron chi connectivity index (χ2n) is 4.69. The molecule has 1 fully saturated rings. The summed E-state index contributed by atoms with van der Waals surface area (Å²) in [7, 11) is -3.68. The first-order valence-electron chi connectivity index (χ1n) is 6.07. The van der Waals surface area contributed by atoms with Crippen molar-refractivity contribution in [2.45, 2.75) is 30.8 Å². The minimum absolute atomic E-state index is 0.0153. The Hall–Kier alpha value is -1.49. The molecule has 102 valence electrons. The van der Waals surface area contributed by atoms with Crippen LogP contribution in [0.2, 0.25) is 0 Å². The summed E-state index contributed by atoms with van der Waals surface area (Å²) in [6, 6.07) is 4.74. The van der Waals surface area contributed by atoms with E-state index in [-0.39, 0.29) is 22.7 Å². The Labute approximate surface area is 113 Å². The van der Waals surface area contributed by atoms with E-state index in [1.54, 1.807) is 0 Å². The Bertz CT molecular complexity index is 608. The van der Waals surface area contributed by atoms with E-state index in [1.807, 2.05) is 19.9 Å². The number of nitriles is 1. The maximum atomic E-state index is 12.6. The Morgan fingerprint density at radius 3 is 2.95 bits per heavy atom. The molecule has 2 rings (SSSR count). The van der Waals surface area contributed by atoms with Gasteiger partial charge in [0.1, 0.15) is 11.0 Å². The predicted molar refractivity (Wildman–Crippen MR) is 69.8 cm³/mol. The lowest BCUT2D eigenvalue weighted by atomic mass is 10.2. The molecule has 2 unspecified atom stereocenters. The van der Waals surface area contributed by atoms with Gasteiger partial charge >= 0.3 is 0 Å². The van der Waals surface area contributed by atoms with Gasteiger partial charge in [-0.3, -0.25) is 0 Å². The van der Waals surface area contributed by atoms with Crippen LogP contribution in [-0.4, -0.2) is 42.9 Å². The highest BCUT2D eigenvalue weighted by Gasteiger charge is 2.34. The molecule has 1 aliphatic rings. The van der Waals surface area contributed by atoms with E-state index in [2.05, 4.69) is 10.3 Å². The molecule has 6 nitrogen and oxygen atoms in total. The number of nitrogens with one attached hydrogen (secondary N) is 1. The van der Waals surface area contributed by atoms with Crippen molar-refractivity contribution in [2.24, 2.45) is 0 Å². The highest BCUT2D eigenvalue weighted by atomic mass is 32.2. The third-order valence-corrected chi connectivity index (χ3v) is 5.18. The second-order valence-corrected chi connectivity index (χ2v) is 6.55. The maximum Gasteiger partial charge on any atom is 0.246 e. The van der Waals surface area contributed by atoms with Crippen LogP contribution < -0.4 is 5.32 Å². The van der Waals surface area contributed by atoms with Crippen LogP contribution in [0.15, 0.2) is 23.2 Å². The van der Waals surface area contributed by atoms with E-state index in [1.165, 1.54) is 22.6 Å². The lowest BCUT2D eigenvalue weighted by molar-refractivity contribution is 0.244. The largest absolute Gasteiger partial charge is 0.311 e. The quantitative estimate of drug-likeness (QED) is 0.843. The number of pyridine rings is 1. The first kappa shape index (κ1) is 13.9. The minimum Gasteiger partial charge on any atom is -0.311 e. The van der Waals surface area contributed by atoms with Crippen molar-refractivity contribution >= 4 is 10.0 Å². The molecule has 1 aliphatic heterocycles. The van der Waals surface area contributed by atoms with Crippen LogP contribution in [0.5, 0.6) is 0 Å². The van der Waals surface area contributed by atoms with E-state index < -0.39 is 10.0 Å². The van der Waals surface area contributed by atoms with Crippen molar-refractivity contribution in [2.75, 3.05) is 13.1 Å². The van der Waals surface area contributed by atoms with Crippen molar-refractivity contribution in [1.29, 1.82) is 5.26 Å². The summed E-state index contributed by atoms with van der Waals surface area (Å²) < 4.78 is 26.7. The summed E-state index contributed by atoms with van der Waals surface area (Å²) in [6.45, 7) is 4.77. The fourth-order valence-electron chi connectivity index (χ4n) is 2.13.